The molecule has 3 aromatic rings. The summed E-state index contributed by atoms with van der Waals surface area (Å²) in [7, 11) is 1.75. The van der Waals surface area contributed by atoms with Gasteiger partial charge in [-0.15, -0.1) is 10.2 Å². The highest BCUT2D eigenvalue weighted by Gasteiger charge is 2.15. The number of rotatable bonds is 6. The van der Waals surface area contributed by atoms with Gasteiger partial charge in [0.15, 0.2) is 17.2 Å². The maximum absolute atomic E-state index is 12.5. The number of nitrogens with zero attached hydrogens (tertiary/aromatic N) is 3. The summed E-state index contributed by atoms with van der Waals surface area (Å²) in [4.78, 5) is 14.1. The molecule has 142 valence electrons. The number of hydrogen-bond donors (Lipinski definition) is 1. The number of carbonyl (C=O) groups excluding carboxylic acids is 1. The fourth-order valence-electron chi connectivity index (χ4n) is 2.91. The second-order valence-corrected chi connectivity index (χ2v) is 6.49. The third-order valence-corrected chi connectivity index (χ3v) is 4.40. The molecule has 2 heterocycles. The molecule has 1 aliphatic rings. The number of carbonyl (C=O) groups is 1. The standard InChI is InChI=1S/C21H20N4O3/c1-25(13-15-5-3-2-4-6-15)21(26)17-8-10-20(24-23-17)22-12-16-7-9-18-19(11-16)28-14-27-18/h2-11H,12-14H2,1H3,(H,22,24). The van der Waals surface area contributed by atoms with Gasteiger partial charge in [0.25, 0.3) is 5.91 Å². The summed E-state index contributed by atoms with van der Waals surface area (Å²) in [6, 6.07) is 19.0. The Balaban J connectivity index is 1.35. The molecular weight excluding hydrogens is 356 g/mol. The van der Waals surface area contributed by atoms with Crippen LogP contribution in [0.3, 0.4) is 0 Å². The van der Waals surface area contributed by atoms with E-state index in [0.29, 0.717) is 24.6 Å². The molecule has 0 radical (unpaired) electrons. The Morgan fingerprint density at radius 3 is 2.61 bits per heavy atom. The van der Waals surface area contributed by atoms with Gasteiger partial charge in [-0.1, -0.05) is 36.4 Å². The van der Waals surface area contributed by atoms with E-state index in [2.05, 4.69) is 15.5 Å². The highest BCUT2D eigenvalue weighted by atomic mass is 16.7. The number of nitrogens with one attached hydrogen (secondary N) is 1. The minimum atomic E-state index is -0.168. The summed E-state index contributed by atoms with van der Waals surface area (Å²) >= 11 is 0. The predicted octanol–water partition coefficient (Wildman–Crippen LogP) is 3.09. The quantitative estimate of drug-likeness (QED) is 0.712. The van der Waals surface area contributed by atoms with Gasteiger partial charge < -0.3 is 19.7 Å². The summed E-state index contributed by atoms with van der Waals surface area (Å²) in [5, 5.41) is 11.4. The minimum absolute atomic E-state index is 0.168. The summed E-state index contributed by atoms with van der Waals surface area (Å²) in [6.45, 7) is 1.34. The molecule has 0 saturated heterocycles. The summed E-state index contributed by atoms with van der Waals surface area (Å²) in [5.41, 5.74) is 2.41. The summed E-state index contributed by atoms with van der Waals surface area (Å²) in [5.74, 6) is 1.93. The predicted molar refractivity (Wildman–Crippen MR) is 104 cm³/mol. The normalized spacial score (nSPS) is 11.9. The average Bonchev–Trinajstić information content (AvgIpc) is 3.21. The SMILES string of the molecule is CN(Cc1ccccc1)C(=O)c1ccc(NCc2ccc3c(c2)OCO3)nn1. The van der Waals surface area contributed by atoms with Crippen LogP contribution in [0.25, 0.3) is 0 Å². The lowest BCUT2D eigenvalue weighted by atomic mass is 10.2. The zero-order valence-electron chi connectivity index (χ0n) is 15.5. The average molecular weight is 376 g/mol. The van der Waals surface area contributed by atoms with Crippen molar-refractivity contribution in [3.8, 4) is 11.5 Å². The first-order valence-corrected chi connectivity index (χ1v) is 8.94. The maximum Gasteiger partial charge on any atom is 0.274 e. The van der Waals surface area contributed by atoms with Crippen LogP contribution in [-0.4, -0.2) is 34.8 Å². The van der Waals surface area contributed by atoms with Crippen LogP contribution in [0.4, 0.5) is 5.82 Å². The van der Waals surface area contributed by atoms with Crippen molar-refractivity contribution in [2.24, 2.45) is 0 Å². The van der Waals surface area contributed by atoms with Gasteiger partial charge in [0.2, 0.25) is 6.79 Å². The monoisotopic (exact) mass is 376 g/mol. The highest BCUT2D eigenvalue weighted by Crippen LogP contribution is 2.32. The molecule has 1 N–H and O–H groups in total. The van der Waals surface area contributed by atoms with E-state index in [4.69, 9.17) is 9.47 Å². The first-order valence-electron chi connectivity index (χ1n) is 8.94. The summed E-state index contributed by atoms with van der Waals surface area (Å²) in [6.07, 6.45) is 0. The minimum Gasteiger partial charge on any atom is -0.454 e. The second-order valence-electron chi connectivity index (χ2n) is 6.49. The van der Waals surface area contributed by atoms with Crippen molar-refractivity contribution in [3.05, 3.63) is 77.5 Å². The van der Waals surface area contributed by atoms with Crippen LogP contribution < -0.4 is 14.8 Å². The molecule has 0 spiro atoms. The van der Waals surface area contributed by atoms with Crippen LogP contribution in [0.1, 0.15) is 21.6 Å². The largest absolute Gasteiger partial charge is 0.454 e. The van der Waals surface area contributed by atoms with Crippen molar-refractivity contribution >= 4 is 11.7 Å². The second kappa shape index (κ2) is 7.96. The van der Waals surface area contributed by atoms with Crippen LogP contribution in [0, 0.1) is 0 Å². The van der Waals surface area contributed by atoms with Crippen LogP contribution in [0.5, 0.6) is 11.5 Å². The lowest BCUT2D eigenvalue weighted by molar-refractivity contribution is 0.0778. The molecule has 0 aliphatic carbocycles. The van der Waals surface area contributed by atoms with Crippen molar-refractivity contribution < 1.29 is 14.3 Å². The van der Waals surface area contributed by atoms with Gasteiger partial charge in [-0.25, -0.2) is 0 Å². The number of amides is 1. The Morgan fingerprint density at radius 2 is 1.82 bits per heavy atom. The number of fused-ring (bicyclic) bond motifs is 1. The third-order valence-electron chi connectivity index (χ3n) is 4.40. The molecule has 1 aliphatic heterocycles. The van der Waals surface area contributed by atoms with Crippen molar-refractivity contribution in [2.45, 2.75) is 13.1 Å². The third kappa shape index (κ3) is 4.03. The van der Waals surface area contributed by atoms with Gasteiger partial charge in [-0.3, -0.25) is 4.79 Å². The van der Waals surface area contributed by atoms with Crippen molar-refractivity contribution in [2.75, 3.05) is 19.2 Å². The van der Waals surface area contributed by atoms with E-state index in [0.717, 1.165) is 22.6 Å². The number of anilines is 1. The lowest BCUT2D eigenvalue weighted by Gasteiger charge is -2.16. The maximum atomic E-state index is 12.5. The van der Waals surface area contributed by atoms with Gasteiger partial charge in [0.05, 0.1) is 0 Å². The van der Waals surface area contributed by atoms with E-state index < -0.39 is 0 Å². The number of hydrogen-bond acceptors (Lipinski definition) is 6. The van der Waals surface area contributed by atoms with E-state index in [9.17, 15) is 4.79 Å². The van der Waals surface area contributed by atoms with E-state index in [1.807, 2.05) is 48.5 Å². The highest BCUT2D eigenvalue weighted by molar-refractivity contribution is 5.92. The van der Waals surface area contributed by atoms with Crippen molar-refractivity contribution in [1.29, 1.82) is 0 Å². The molecule has 1 aromatic heterocycles. The molecule has 0 fully saturated rings. The summed E-state index contributed by atoms with van der Waals surface area (Å²) < 4.78 is 10.7. The molecule has 0 unspecified atom stereocenters. The molecule has 4 rings (SSSR count). The molecule has 7 nitrogen and oxygen atoms in total. The van der Waals surface area contributed by atoms with Gasteiger partial charge in [-0.05, 0) is 35.4 Å². The van der Waals surface area contributed by atoms with Crippen LogP contribution >= 0.6 is 0 Å². The van der Waals surface area contributed by atoms with Gasteiger partial charge >= 0.3 is 0 Å². The Hall–Kier alpha value is -3.61. The number of benzene rings is 2. The van der Waals surface area contributed by atoms with Crippen LogP contribution in [0.15, 0.2) is 60.7 Å². The Kier molecular flexibility index (Phi) is 5.05. The molecule has 2 aromatic carbocycles. The first-order chi connectivity index (χ1) is 13.7. The first kappa shape index (κ1) is 17.8. The molecule has 0 saturated carbocycles. The molecule has 0 atom stereocenters. The van der Waals surface area contributed by atoms with Gasteiger partial charge in [0, 0.05) is 20.1 Å². The zero-order valence-corrected chi connectivity index (χ0v) is 15.5. The number of ether oxygens (including phenoxy) is 2. The van der Waals surface area contributed by atoms with E-state index >= 15 is 0 Å². The molecular formula is C21H20N4O3. The van der Waals surface area contributed by atoms with Gasteiger partial charge in [0.1, 0.15) is 5.82 Å². The van der Waals surface area contributed by atoms with Crippen molar-refractivity contribution in [3.63, 3.8) is 0 Å². The Labute approximate surface area is 162 Å². The number of aromatic nitrogens is 2. The lowest BCUT2D eigenvalue weighted by Crippen LogP contribution is -2.27. The van der Waals surface area contributed by atoms with E-state index in [-0.39, 0.29) is 12.7 Å². The van der Waals surface area contributed by atoms with Crippen LogP contribution in [0.2, 0.25) is 0 Å². The van der Waals surface area contributed by atoms with Gasteiger partial charge in [-0.2, -0.15) is 0 Å². The van der Waals surface area contributed by atoms with Crippen LogP contribution in [-0.2, 0) is 13.1 Å². The van der Waals surface area contributed by atoms with E-state index in [1.54, 1.807) is 24.1 Å². The smallest absolute Gasteiger partial charge is 0.274 e. The van der Waals surface area contributed by atoms with E-state index in [1.165, 1.54) is 0 Å². The topological polar surface area (TPSA) is 76.6 Å². The molecule has 7 heteroatoms. The molecule has 28 heavy (non-hydrogen) atoms. The fraction of sp³-hybridized carbons (Fsp3) is 0.190. The Morgan fingerprint density at radius 1 is 1.00 bits per heavy atom. The Bertz CT molecular complexity index is 961. The molecule has 0 bridgehead atoms. The zero-order chi connectivity index (χ0) is 19.3. The fourth-order valence-corrected chi connectivity index (χ4v) is 2.91. The molecule has 1 amide bonds. The van der Waals surface area contributed by atoms with Crippen molar-refractivity contribution in [1.82, 2.24) is 15.1 Å².